The molecule has 0 bridgehead atoms. The monoisotopic (exact) mass is 400 g/mol. The number of nitrogens with zero attached hydrogens (tertiary/aromatic N) is 1. The Hall–Kier alpha value is -2.34. The Labute approximate surface area is 169 Å². The third-order valence-electron chi connectivity index (χ3n) is 4.98. The number of rotatable bonds is 5. The number of carbonyl (C=O) groups excluding carboxylic acids is 2. The molecule has 2 aromatic rings. The first-order valence-electron chi connectivity index (χ1n) is 9.47. The number of amides is 2. The molecule has 1 aliphatic heterocycles. The first-order valence-corrected chi connectivity index (χ1v) is 10.6. The van der Waals surface area contributed by atoms with Crippen molar-refractivity contribution < 1.29 is 14.0 Å². The fourth-order valence-corrected chi connectivity index (χ4v) is 4.18. The van der Waals surface area contributed by atoms with Gasteiger partial charge in [-0.25, -0.2) is 4.39 Å². The minimum absolute atomic E-state index is 0.0151. The lowest BCUT2D eigenvalue weighted by atomic mass is 9.97. The van der Waals surface area contributed by atoms with E-state index in [1.807, 2.05) is 36.6 Å². The lowest BCUT2D eigenvalue weighted by Crippen LogP contribution is -2.37. The molecule has 0 radical (unpaired) electrons. The molecule has 1 atom stereocenters. The second-order valence-corrected chi connectivity index (χ2v) is 8.36. The smallest absolute Gasteiger partial charge is 0.253 e. The predicted molar refractivity (Wildman–Crippen MR) is 112 cm³/mol. The highest BCUT2D eigenvalue weighted by Gasteiger charge is 2.19. The fourth-order valence-electron chi connectivity index (χ4n) is 3.27. The highest BCUT2D eigenvalue weighted by molar-refractivity contribution is 7.99. The molecule has 1 heterocycles. The normalized spacial score (nSPS) is 15.2. The van der Waals surface area contributed by atoms with E-state index in [2.05, 4.69) is 5.32 Å². The molecule has 1 unspecified atom stereocenters. The van der Waals surface area contributed by atoms with Gasteiger partial charge in [-0.2, -0.15) is 11.8 Å². The topological polar surface area (TPSA) is 49.4 Å². The second-order valence-electron chi connectivity index (χ2n) is 7.14. The number of benzene rings is 2. The van der Waals surface area contributed by atoms with Gasteiger partial charge in [0, 0.05) is 42.3 Å². The van der Waals surface area contributed by atoms with E-state index < -0.39 is 0 Å². The number of thioether (sulfide) groups is 1. The Bertz CT molecular complexity index is 848. The van der Waals surface area contributed by atoms with Crippen LogP contribution < -0.4 is 5.32 Å². The second kappa shape index (κ2) is 9.24. The number of halogens is 1. The predicted octanol–water partition coefficient (Wildman–Crippen LogP) is 4.46. The summed E-state index contributed by atoms with van der Waals surface area (Å²) in [5, 5.41) is 2.93. The van der Waals surface area contributed by atoms with E-state index in [1.54, 1.807) is 24.3 Å². The van der Waals surface area contributed by atoms with E-state index in [0.717, 1.165) is 35.7 Å². The van der Waals surface area contributed by atoms with E-state index >= 15 is 0 Å². The zero-order valence-electron chi connectivity index (χ0n) is 16.2. The van der Waals surface area contributed by atoms with Crippen molar-refractivity contribution in [2.24, 2.45) is 0 Å². The summed E-state index contributed by atoms with van der Waals surface area (Å²) >= 11 is 1.87. The van der Waals surface area contributed by atoms with Crippen LogP contribution in [0, 0.1) is 12.7 Å². The lowest BCUT2D eigenvalue weighted by Gasteiger charge is -2.26. The largest absolute Gasteiger partial charge is 0.337 e. The third-order valence-corrected chi connectivity index (χ3v) is 5.92. The number of hydrogen-bond acceptors (Lipinski definition) is 3. The van der Waals surface area contributed by atoms with Crippen molar-refractivity contribution in [1.82, 2.24) is 4.90 Å². The molecular weight excluding hydrogens is 375 g/mol. The van der Waals surface area contributed by atoms with E-state index in [0.29, 0.717) is 17.7 Å². The first-order chi connectivity index (χ1) is 13.4. The number of nitrogens with one attached hydrogen (secondary N) is 1. The molecule has 0 spiro atoms. The molecule has 0 saturated carbocycles. The van der Waals surface area contributed by atoms with Crippen molar-refractivity contribution >= 4 is 29.3 Å². The Morgan fingerprint density at radius 2 is 1.82 bits per heavy atom. The molecule has 4 nitrogen and oxygen atoms in total. The van der Waals surface area contributed by atoms with Crippen molar-refractivity contribution in [2.75, 3.05) is 29.9 Å². The average Bonchev–Trinajstić information content (AvgIpc) is 2.70. The molecular formula is C22H25FN2O2S. The zero-order chi connectivity index (χ0) is 20.1. The van der Waals surface area contributed by atoms with E-state index in [1.165, 1.54) is 12.1 Å². The molecule has 0 aromatic heterocycles. The van der Waals surface area contributed by atoms with Crippen LogP contribution in [0.4, 0.5) is 10.1 Å². The van der Waals surface area contributed by atoms with Crippen molar-refractivity contribution in [3.05, 3.63) is 65.0 Å². The van der Waals surface area contributed by atoms with Crippen LogP contribution in [-0.2, 0) is 4.79 Å². The van der Waals surface area contributed by atoms with Gasteiger partial charge in [0.25, 0.3) is 5.91 Å². The summed E-state index contributed by atoms with van der Waals surface area (Å²) in [5.41, 5.74) is 3.15. The van der Waals surface area contributed by atoms with Gasteiger partial charge in [0.2, 0.25) is 5.91 Å². The lowest BCUT2D eigenvalue weighted by molar-refractivity contribution is -0.116. The molecule has 1 aliphatic rings. The van der Waals surface area contributed by atoms with Gasteiger partial charge < -0.3 is 10.2 Å². The third kappa shape index (κ3) is 5.13. The Kier molecular flexibility index (Phi) is 6.73. The molecule has 3 rings (SSSR count). The molecule has 6 heteroatoms. The molecule has 2 aromatic carbocycles. The number of hydrogen-bond donors (Lipinski definition) is 1. The molecule has 2 amide bonds. The number of carbonyl (C=O) groups is 2. The highest BCUT2D eigenvalue weighted by Crippen LogP contribution is 2.23. The summed E-state index contributed by atoms with van der Waals surface area (Å²) < 4.78 is 13.0. The van der Waals surface area contributed by atoms with Crippen molar-refractivity contribution in [3.8, 4) is 0 Å². The van der Waals surface area contributed by atoms with Gasteiger partial charge in [-0.15, -0.1) is 0 Å². The van der Waals surface area contributed by atoms with Gasteiger partial charge in [0.05, 0.1) is 0 Å². The highest BCUT2D eigenvalue weighted by atomic mass is 32.2. The zero-order valence-corrected chi connectivity index (χ0v) is 17.0. The molecule has 1 N–H and O–H groups in total. The van der Waals surface area contributed by atoms with Crippen molar-refractivity contribution in [2.45, 2.75) is 26.2 Å². The van der Waals surface area contributed by atoms with Crippen molar-refractivity contribution in [1.29, 1.82) is 0 Å². The quantitative estimate of drug-likeness (QED) is 0.806. The van der Waals surface area contributed by atoms with Crippen LogP contribution in [-0.4, -0.2) is 41.3 Å². The first kappa shape index (κ1) is 20.4. The van der Waals surface area contributed by atoms with Crippen LogP contribution in [0.25, 0.3) is 0 Å². The summed E-state index contributed by atoms with van der Waals surface area (Å²) in [6, 6.07) is 11.6. The Balaban J connectivity index is 1.61. The van der Waals surface area contributed by atoms with E-state index in [9.17, 15) is 14.0 Å². The average molecular weight is 401 g/mol. The molecule has 1 fully saturated rings. The van der Waals surface area contributed by atoms with Crippen molar-refractivity contribution in [3.63, 3.8) is 0 Å². The minimum Gasteiger partial charge on any atom is -0.337 e. The van der Waals surface area contributed by atoms with Crippen LogP contribution in [0.2, 0.25) is 0 Å². The maximum Gasteiger partial charge on any atom is 0.253 e. The summed E-state index contributed by atoms with van der Waals surface area (Å²) in [6.07, 6.45) is 0.303. The minimum atomic E-state index is -0.283. The fraction of sp³-hybridized carbons (Fsp3) is 0.364. The van der Waals surface area contributed by atoms with Crippen LogP contribution in [0.15, 0.2) is 42.5 Å². The van der Waals surface area contributed by atoms with Gasteiger partial charge in [-0.05, 0) is 54.3 Å². The number of aryl methyl sites for hydroxylation is 1. The van der Waals surface area contributed by atoms with E-state index in [-0.39, 0.29) is 23.5 Å². The molecule has 0 aliphatic carbocycles. The van der Waals surface area contributed by atoms with Gasteiger partial charge in [-0.1, -0.05) is 19.1 Å². The number of anilines is 1. The molecule has 1 saturated heterocycles. The summed E-state index contributed by atoms with van der Waals surface area (Å²) in [7, 11) is 0. The summed E-state index contributed by atoms with van der Waals surface area (Å²) in [6.45, 7) is 5.39. The SMILES string of the molecule is Cc1cc(C(=O)N2CCSCC2)ccc1NC(=O)CC(C)c1ccc(F)cc1. The van der Waals surface area contributed by atoms with Crippen LogP contribution in [0.5, 0.6) is 0 Å². The maximum absolute atomic E-state index is 13.0. The van der Waals surface area contributed by atoms with Crippen LogP contribution in [0.3, 0.4) is 0 Å². The van der Waals surface area contributed by atoms with Crippen LogP contribution >= 0.6 is 11.8 Å². The summed E-state index contributed by atoms with van der Waals surface area (Å²) in [4.78, 5) is 26.9. The van der Waals surface area contributed by atoms with Gasteiger partial charge in [0.1, 0.15) is 5.82 Å². The van der Waals surface area contributed by atoms with Gasteiger partial charge >= 0.3 is 0 Å². The summed E-state index contributed by atoms with van der Waals surface area (Å²) in [5.74, 6) is 1.60. The van der Waals surface area contributed by atoms with Crippen LogP contribution in [0.1, 0.15) is 40.7 Å². The Morgan fingerprint density at radius 3 is 2.46 bits per heavy atom. The Morgan fingerprint density at radius 1 is 1.14 bits per heavy atom. The van der Waals surface area contributed by atoms with Gasteiger partial charge in [0.15, 0.2) is 0 Å². The molecule has 148 valence electrons. The maximum atomic E-state index is 13.0. The van der Waals surface area contributed by atoms with E-state index in [4.69, 9.17) is 0 Å². The van der Waals surface area contributed by atoms with Gasteiger partial charge in [-0.3, -0.25) is 9.59 Å². The molecule has 28 heavy (non-hydrogen) atoms. The standard InChI is InChI=1S/C22H25FN2O2S/c1-15(17-3-6-19(23)7-4-17)14-21(26)24-20-8-5-18(13-16(20)2)22(27)25-9-11-28-12-10-25/h3-8,13,15H,9-12,14H2,1-2H3,(H,24,26).